The van der Waals surface area contributed by atoms with E-state index in [1.807, 2.05) is 0 Å². The lowest BCUT2D eigenvalue weighted by atomic mass is 10.1. The van der Waals surface area contributed by atoms with Crippen LogP contribution < -0.4 is 10.6 Å². The number of hydrogen-bond donors (Lipinski definition) is 2. The highest BCUT2D eigenvalue weighted by Crippen LogP contribution is 2.03. The van der Waals surface area contributed by atoms with E-state index in [0.717, 1.165) is 0 Å². The first kappa shape index (κ1) is 8.70. The molecule has 0 unspecified atom stereocenters. The van der Waals surface area contributed by atoms with Crippen molar-refractivity contribution < 1.29 is 14.4 Å². The maximum absolute atomic E-state index is 11.0. The van der Waals surface area contributed by atoms with Crippen LogP contribution in [0.3, 0.4) is 0 Å². The van der Waals surface area contributed by atoms with Gasteiger partial charge in [0.05, 0.1) is 0 Å². The molecule has 0 aromatic carbocycles. The second kappa shape index (κ2) is 3.34. The van der Waals surface area contributed by atoms with Gasteiger partial charge in [-0.05, 0) is 6.42 Å². The van der Waals surface area contributed by atoms with E-state index >= 15 is 0 Å². The molecule has 0 aliphatic carbocycles. The van der Waals surface area contributed by atoms with E-state index in [0.29, 0.717) is 6.42 Å². The van der Waals surface area contributed by atoms with Crippen LogP contribution >= 0.6 is 0 Å². The molecule has 1 aliphatic rings. The summed E-state index contributed by atoms with van der Waals surface area (Å²) in [7, 11) is 0. The lowest BCUT2D eigenvalue weighted by Gasteiger charge is -2.20. The molecule has 0 aromatic rings. The Morgan fingerprint density at radius 1 is 1.58 bits per heavy atom. The van der Waals surface area contributed by atoms with Crippen molar-refractivity contribution in [3.63, 3.8) is 0 Å². The molecule has 12 heavy (non-hydrogen) atoms. The summed E-state index contributed by atoms with van der Waals surface area (Å²) < 4.78 is 0. The summed E-state index contributed by atoms with van der Waals surface area (Å²) in [4.78, 5) is 32.2. The lowest BCUT2D eigenvalue weighted by molar-refractivity contribution is -0.136. The van der Waals surface area contributed by atoms with Crippen LogP contribution in [-0.2, 0) is 14.4 Å². The molecule has 0 radical (unpaired) electrons. The molecule has 2 N–H and O–H groups in total. The van der Waals surface area contributed by atoms with Gasteiger partial charge in [-0.15, -0.1) is 0 Å². The smallest absolute Gasteiger partial charge is 0.249 e. The molecule has 1 atom stereocenters. The first-order chi connectivity index (χ1) is 5.59. The van der Waals surface area contributed by atoms with Gasteiger partial charge < -0.3 is 5.32 Å². The summed E-state index contributed by atoms with van der Waals surface area (Å²) in [6.45, 7) is 1.34. The van der Waals surface area contributed by atoms with E-state index in [4.69, 9.17) is 0 Å². The van der Waals surface area contributed by atoms with Gasteiger partial charge in [0.25, 0.3) is 0 Å². The zero-order valence-corrected chi connectivity index (χ0v) is 6.72. The average molecular weight is 170 g/mol. The monoisotopic (exact) mass is 170 g/mol. The van der Waals surface area contributed by atoms with Crippen molar-refractivity contribution in [3.05, 3.63) is 0 Å². The maximum atomic E-state index is 11.0. The molecule has 0 bridgehead atoms. The first-order valence-corrected chi connectivity index (χ1v) is 3.70. The SMILES string of the molecule is CC(=O)N[C@H]1CCC(=O)NC1=O. The van der Waals surface area contributed by atoms with Gasteiger partial charge in [0.15, 0.2) is 0 Å². The Balaban J connectivity index is 2.51. The number of carbonyl (C=O) groups excluding carboxylic acids is 3. The molecular weight excluding hydrogens is 160 g/mol. The number of piperidine rings is 1. The Bertz CT molecular complexity index is 237. The molecule has 1 fully saturated rings. The van der Waals surface area contributed by atoms with Gasteiger partial charge >= 0.3 is 0 Å². The average Bonchev–Trinajstić information content (AvgIpc) is 1.94. The van der Waals surface area contributed by atoms with Crippen LogP contribution in [0.1, 0.15) is 19.8 Å². The summed E-state index contributed by atoms with van der Waals surface area (Å²) in [6.07, 6.45) is 0.681. The van der Waals surface area contributed by atoms with E-state index < -0.39 is 11.9 Å². The fraction of sp³-hybridized carbons (Fsp3) is 0.571. The molecule has 1 rings (SSSR count). The van der Waals surface area contributed by atoms with Crippen LogP contribution in [0.2, 0.25) is 0 Å². The van der Waals surface area contributed by atoms with Gasteiger partial charge in [-0.25, -0.2) is 0 Å². The van der Waals surface area contributed by atoms with Crippen LogP contribution in [0, 0.1) is 0 Å². The van der Waals surface area contributed by atoms with Gasteiger partial charge in [0, 0.05) is 13.3 Å². The van der Waals surface area contributed by atoms with Crippen LogP contribution in [0.4, 0.5) is 0 Å². The number of carbonyl (C=O) groups is 3. The number of amides is 3. The van der Waals surface area contributed by atoms with Crippen molar-refractivity contribution in [3.8, 4) is 0 Å². The van der Waals surface area contributed by atoms with Gasteiger partial charge in [0.2, 0.25) is 17.7 Å². The van der Waals surface area contributed by atoms with Gasteiger partial charge in [-0.2, -0.15) is 0 Å². The Hall–Kier alpha value is -1.39. The zero-order valence-electron chi connectivity index (χ0n) is 6.72. The molecule has 0 saturated carbocycles. The highest BCUT2D eigenvalue weighted by atomic mass is 16.2. The van der Waals surface area contributed by atoms with Crippen LogP contribution in [0.5, 0.6) is 0 Å². The third-order valence-corrected chi connectivity index (χ3v) is 1.62. The Morgan fingerprint density at radius 3 is 2.75 bits per heavy atom. The number of imide groups is 1. The highest BCUT2D eigenvalue weighted by molar-refractivity contribution is 6.01. The van der Waals surface area contributed by atoms with Gasteiger partial charge in [-0.1, -0.05) is 0 Å². The topological polar surface area (TPSA) is 75.3 Å². The van der Waals surface area contributed by atoms with Crippen molar-refractivity contribution in [2.45, 2.75) is 25.8 Å². The minimum absolute atomic E-state index is 0.260. The predicted molar refractivity (Wildman–Crippen MR) is 40.0 cm³/mol. The van der Waals surface area contributed by atoms with Gasteiger partial charge in [0.1, 0.15) is 6.04 Å². The molecule has 3 amide bonds. The standard InChI is InChI=1S/C7H10N2O3/c1-4(10)8-5-2-3-6(11)9-7(5)12/h5H,2-3H2,1H3,(H,8,10)(H,9,11,12)/t5-/m0/s1. The molecule has 0 spiro atoms. The lowest BCUT2D eigenvalue weighted by Crippen LogP contribution is -2.51. The molecule has 1 heterocycles. The molecule has 5 heteroatoms. The summed E-state index contributed by atoms with van der Waals surface area (Å²) >= 11 is 0. The van der Waals surface area contributed by atoms with E-state index in [-0.39, 0.29) is 18.2 Å². The highest BCUT2D eigenvalue weighted by Gasteiger charge is 2.26. The summed E-state index contributed by atoms with van der Waals surface area (Å²) in [6, 6.07) is -0.541. The van der Waals surface area contributed by atoms with E-state index in [1.165, 1.54) is 6.92 Å². The minimum atomic E-state index is -0.541. The first-order valence-electron chi connectivity index (χ1n) is 3.70. The number of rotatable bonds is 1. The Morgan fingerprint density at radius 2 is 2.25 bits per heavy atom. The summed E-state index contributed by atoms with van der Waals surface area (Å²) in [5.74, 6) is -0.951. The second-order valence-corrected chi connectivity index (χ2v) is 2.70. The largest absolute Gasteiger partial charge is 0.345 e. The molecule has 5 nitrogen and oxygen atoms in total. The number of nitrogens with one attached hydrogen (secondary N) is 2. The fourth-order valence-corrected chi connectivity index (χ4v) is 1.08. The maximum Gasteiger partial charge on any atom is 0.249 e. The predicted octanol–water partition coefficient (Wildman–Crippen LogP) is -1.07. The fourth-order valence-electron chi connectivity index (χ4n) is 1.08. The second-order valence-electron chi connectivity index (χ2n) is 2.70. The van der Waals surface area contributed by atoms with E-state index in [1.54, 1.807) is 0 Å². The van der Waals surface area contributed by atoms with Crippen molar-refractivity contribution in [1.29, 1.82) is 0 Å². The van der Waals surface area contributed by atoms with Crippen molar-refractivity contribution in [2.75, 3.05) is 0 Å². The van der Waals surface area contributed by atoms with Crippen LogP contribution in [-0.4, -0.2) is 23.8 Å². The summed E-state index contributed by atoms with van der Waals surface area (Å²) in [5.41, 5.74) is 0. The number of hydrogen-bond acceptors (Lipinski definition) is 3. The molecular formula is C7H10N2O3. The quantitative estimate of drug-likeness (QED) is 0.492. The van der Waals surface area contributed by atoms with Crippen LogP contribution in [0.25, 0.3) is 0 Å². The Labute approximate surface area is 69.5 Å². The van der Waals surface area contributed by atoms with E-state index in [9.17, 15) is 14.4 Å². The van der Waals surface area contributed by atoms with Gasteiger partial charge in [-0.3, -0.25) is 19.7 Å². The molecule has 0 aromatic heterocycles. The minimum Gasteiger partial charge on any atom is -0.345 e. The van der Waals surface area contributed by atoms with Crippen molar-refractivity contribution in [1.82, 2.24) is 10.6 Å². The van der Waals surface area contributed by atoms with E-state index in [2.05, 4.69) is 10.6 Å². The molecule has 1 aliphatic heterocycles. The van der Waals surface area contributed by atoms with Crippen LogP contribution in [0.15, 0.2) is 0 Å². The van der Waals surface area contributed by atoms with Crippen molar-refractivity contribution >= 4 is 17.7 Å². The van der Waals surface area contributed by atoms with Crippen molar-refractivity contribution in [2.24, 2.45) is 0 Å². The summed E-state index contributed by atoms with van der Waals surface area (Å²) in [5, 5.41) is 4.59. The molecule has 66 valence electrons. The third-order valence-electron chi connectivity index (χ3n) is 1.62. The third kappa shape index (κ3) is 2.05. The normalized spacial score (nSPS) is 23.2. The Kier molecular flexibility index (Phi) is 2.42. The molecule has 1 saturated heterocycles. The zero-order chi connectivity index (χ0) is 9.14.